The second-order valence-electron chi connectivity index (χ2n) is 2.32. The van der Waals surface area contributed by atoms with E-state index in [0.717, 1.165) is 5.69 Å². The summed E-state index contributed by atoms with van der Waals surface area (Å²) in [6.07, 6.45) is 5.98. The third kappa shape index (κ3) is 3.03. The number of pyridine rings is 1. The van der Waals surface area contributed by atoms with Crippen LogP contribution in [0.15, 0.2) is 24.4 Å². The topological polar surface area (TPSA) is 33.1 Å². The standard InChI is InChI=1S/C9H10ClNO/c10-8-4-5-9(11-7-8)3-1-2-6-12/h1,3-5,7,12H,2,6H2. The maximum Gasteiger partial charge on any atom is 0.0627 e. The summed E-state index contributed by atoms with van der Waals surface area (Å²) in [6.45, 7) is 0.171. The summed E-state index contributed by atoms with van der Waals surface area (Å²) in [5.74, 6) is 0. The largest absolute Gasteiger partial charge is 0.396 e. The second kappa shape index (κ2) is 4.91. The van der Waals surface area contributed by atoms with E-state index in [4.69, 9.17) is 16.7 Å². The van der Waals surface area contributed by atoms with Crippen LogP contribution in [0.3, 0.4) is 0 Å². The van der Waals surface area contributed by atoms with Crippen LogP contribution < -0.4 is 0 Å². The average molecular weight is 184 g/mol. The quantitative estimate of drug-likeness (QED) is 0.779. The van der Waals surface area contributed by atoms with Gasteiger partial charge in [0.1, 0.15) is 0 Å². The third-order valence-corrected chi connectivity index (χ3v) is 1.56. The molecule has 0 aromatic carbocycles. The second-order valence-corrected chi connectivity index (χ2v) is 2.75. The van der Waals surface area contributed by atoms with Gasteiger partial charge in [0.25, 0.3) is 0 Å². The summed E-state index contributed by atoms with van der Waals surface area (Å²) < 4.78 is 0. The van der Waals surface area contributed by atoms with Crippen LogP contribution in [-0.4, -0.2) is 16.7 Å². The summed E-state index contributed by atoms with van der Waals surface area (Å²) >= 11 is 5.65. The molecule has 1 aromatic heterocycles. The Hall–Kier alpha value is -0.860. The molecule has 1 heterocycles. The Morgan fingerprint density at radius 1 is 1.50 bits per heavy atom. The highest BCUT2D eigenvalue weighted by Crippen LogP contribution is 2.07. The van der Waals surface area contributed by atoms with Crippen LogP contribution in [0.5, 0.6) is 0 Å². The van der Waals surface area contributed by atoms with Crippen molar-refractivity contribution in [3.05, 3.63) is 35.1 Å². The summed E-state index contributed by atoms with van der Waals surface area (Å²) in [5.41, 5.74) is 0.854. The maximum atomic E-state index is 8.50. The average Bonchev–Trinajstić information content (AvgIpc) is 2.09. The van der Waals surface area contributed by atoms with E-state index < -0.39 is 0 Å². The molecule has 12 heavy (non-hydrogen) atoms. The molecule has 0 unspecified atom stereocenters. The van der Waals surface area contributed by atoms with E-state index >= 15 is 0 Å². The Morgan fingerprint density at radius 3 is 2.92 bits per heavy atom. The molecule has 0 fully saturated rings. The summed E-state index contributed by atoms with van der Waals surface area (Å²) in [7, 11) is 0. The SMILES string of the molecule is OCCC=Cc1ccc(Cl)cn1. The fourth-order valence-electron chi connectivity index (χ4n) is 0.764. The first kappa shape index (κ1) is 9.23. The van der Waals surface area contributed by atoms with E-state index in [0.29, 0.717) is 11.4 Å². The van der Waals surface area contributed by atoms with Gasteiger partial charge in [-0.25, -0.2) is 0 Å². The molecular weight excluding hydrogens is 174 g/mol. The van der Waals surface area contributed by atoms with Gasteiger partial charge in [-0.2, -0.15) is 0 Å². The lowest BCUT2D eigenvalue weighted by molar-refractivity contribution is 0.303. The number of aliphatic hydroxyl groups is 1. The predicted octanol–water partition coefficient (Wildman–Crippen LogP) is 2.13. The zero-order valence-corrected chi connectivity index (χ0v) is 7.33. The predicted molar refractivity (Wildman–Crippen MR) is 50.0 cm³/mol. The van der Waals surface area contributed by atoms with E-state index in [1.54, 1.807) is 12.3 Å². The van der Waals surface area contributed by atoms with Gasteiger partial charge in [0.15, 0.2) is 0 Å². The number of halogens is 1. The van der Waals surface area contributed by atoms with Crippen LogP contribution >= 0.6 is 11.6 Å². The highest BCUT2D eigenvalue weighted by atomic mass is 35.5. The van der Waals surface area contributed by atoms with Gasteiger partial charge in [0, 0.05) is 12.8 Å². The fourth-order valence-corrected chi connectivity index (χ4v) is 0.876. The summed E-state index contributed by atoms with van der Waals surface area (Å²) in [5, 5.41) is 9.13. The highest BCUT2D eigenvalue weighted by Gasteiger charge is 1.87. The Balaban J connectivity index is 2.58. The molecule has 2 nitrogen and oxygen atoms in total. The molecule has 1 aromatic rings. The van der Waals surface area contributed by atoms with Gasteiger partial charge in [-0.3, -0.25) is 4.98 Å². The van der Waals surface area contributed by atoms with Crippen molar-refractivity contribution >= 4 is 17.7 Å². The number of hydrogen-bond acceptors (Lipinski definition) is 2. The molecule has 0 saturated carbocycles. The van der Waals surface area contributed by atoms with Gasteiger partial charge >= 0.3 is 0 Å². The molecule has 0 bridgehead atoms. The van der Waals surface area contributed by atoms with Crippen molar-refractivity contribution in [3.8, 4) is 0 Å². The number of aromatic nitrogens is 1. The van der Waals surface area contributed by atoms with Gasteiger partial charge in [0.05, 0.1) is 10.7 Å². The van der Waals surface area contributed by atoms with E-state index in [2.05, 4.69) is 4.98 Å². The van der Waals surface area contributed by atoms with Crippen molar-refractivity contribution in [1.82, 2.24) is 4.98 Å². The molecule has 0 atom stereocenters. The van der Waals surface area contributed by atoms with Crippen LogP contribution in [0.4, 0.5) is 0 Å². The van der Waals surface area contributed by atoms with Gasteiger partial charge in [0.2, 0.25) is 0 Å². The molecule has 0 spiro atoms. The van der Waals surface area contributed by atoms with Crippen LogP contribution in [-0.2, 0) is 0 Å². The van der Waals surface area contributed by atoms with E-state index in [-0.39, 0.29) is 6.61 Å². The molecule has 0 aliphatic carbocycles. The summed E-state index contributed by atoms with van der Waals surface area (Å²) in [6, 6.07) is 3.61. The first-order valence-electron chi connectivity index (χ1n) is 3.72. The fraction of sp³-hybridized carbons (Fsp3) is 0.222. The number of nitrogens with zero attached hydrogens (tertiary/aromatic N) is 1. The Labute approximate surface area is 76.5 Å². The molecule has 1 rings (SSSR count). The number of hydrogen-bond donors (Lipinski definition) is 1. The van der Waals surface area contributed by atoms with Gasteiger partial charge in [-0.05, 0) is 24.6 Å². The zero-order chi connectivity index (χ0) is 8.81. The lowest BCUT2D eigenvalue weighted by Crippen LogP contribution is -1.79. The smallest absolute Gasteiger partial charge is 0.0627 e. The van der Waals surface area contributed by atoms with Crippen LogP contribution in [0.1, 0.15) is 12.1 Å². The Bertz CT molecular complexity index is 256. The molecule has 0 radical (unpaired) electrons. The summed E-state index contributed by atoms with van der Waals surface area (Å²) in [4.78, 5) is 4.05. The van der Waals surface area contributed by atoms with Gasteiger partial charge < -0.3 is 5.11 Å². The van der Waals surface area contributed by atoms with Crippen LogP contribution in [0.2, 0.25) is 5.02 Å². The van der Waals surface area contributed by atoms with Crippen molar-refractivity contribution in [2.75, 3.05) is 6.61 Å². The molecule has 3 heteroatoms. The van der Waals surface area contributed by atoms with Crippen molar-refractivity contribution in [1.29, 1.82) is 0 Å². The maximum absolute atomic E-state index is 8.50. The molecule has 0 saturated heterocycles. The van der Waals surface area contributed by atoms with Crippen molar-refractivity contribution in [2.24, 2.45) is 0 Å². The normalized spacial score (nSPS) is 10.8. The first-order valence-corrected chi connectivity index (χ1v) is 4.09. The van der Waals surface area contributed by atoms with E-state index in [1.165, 1.54) is 0 Å². The van der Waals surface area contributed by atoms with Gasteiger partial charge in [-0.1, -0.05) is 17.7 Å². The van der Waals surface area contributed by atoms with Crippen molar-refractivity contribution in [3.63, 3.8) is 0 Å². The molecule has 0 amide bonds. The van der Waals surface area contributed by atoms with Crippen LogP contribution in [0.25, 0.3) is 6.08 Å². The molecule has 0 aliphatic rings. The monoisotopic (exact) mass is 183 g/mol. The first-order chi connectivity index (χ1) is 5.83. The minimum Gasteiger partial charge on any atom is -0.396 e. The van der Waals surface area contributed by atoms with Gasteiger partial charge in [-0.15, -0.1) is 0 Å². The lowest BCUT2D eigenvalue weighted by atomic mass is 10.3. The van der Waals surface area contributed by atoms with Crippen LogP contribution in [0, 0.1) is 0 Å². The molecule has 1 N–H and O–H groups in total. The molecule has 64 valence electrons. The number of rotatable bonds is 3. The Morgan fingerprint density at radius 2 is 2.33 bits per heavy atom. The minimum absolute atomic E-state index is 0.171. The minimum atomic E-state index is 0.171. The zero-order valence-electron chi connectivity index (χ0n) is 6.57. The van der Waals surface area contributed by atoms with E-state index in [9.17, 15) is 0 Å². The lowest BCUT2D eigenvalue weighted by Gasteiger charge is -1.91. The molecular formula is C9H10ClNO. The number of aliphatic hydroxyl groups excluding tert-OH is 1. The Kier molecular flexibility index (Phi) is 3.77. The van der Waals surface area contributed by atoms with Crippen molar-refractivity contribution in [2.45, 2.75) is 6.42 Å². The highest BCUT2D eigenvalue weighted by molar-refractivity contribution is 6.30. The molecule has 0 aliphatic heterocycles. The van der Waals surface area contributed by atoms with Crippen molar-refractivity contribution < 1.29 is 5.11 Å². The van der Waals surface area contributed by atoms with E-state index in [1.807, 2.05) is 18.2 Å². The third-order valence-electron chi connectivity index (χ3n) is 1.33.